The zero-order chi connectivity index (χ0) is 21.1. The Morgan fingerprint density at radius 1 is 1.10 bits per heavy atom. The minimum Gasteiger partial charge on any atom is -0.352 e. The van der Waals surface area contributed by atoms with E-state index in [-0.39, 0.29) is 17.7 Å². The number of likely N-dealkylation sites (tertiary alicyclic amines) is 1. The summed E-state index contributed by atoms with van der Waals surface area (Å²) in [5.41, 5.74) is 3.94. The molecular formula is C25H29N3O2. The standard InChI is InChI=1S/C25H29N3O2/c1-17-7-9-19(10-8-17)16-26-24(29)18(2)20-11-13-28(14-12-20)25(30)23-15-21-5-3-4-6-22(21)27-23/h3-10,15,18,20,27H,11-14,16H2,1-2H3,(H,26,29). The average molecular weight is 404 g/mol. The minimum atomic E-state index is -0.0548. The number of para-hydroxylation sites is 1. The second-order valence-corrected chi connectivity index (χ2v) is 8.39. The van der Waals surface area contributed by atoms with Crippen molar-refractivity contribution in [3.63, 3.8) is 0 Å². The van der Waals surface area contributed by atoms with Crippen molar-refractivity contribution < 1.29 is 9.59 Å². The van der Waals surface area contributed by atoms with E-state index >= 15 is 0 Å². The number of H-pyrrole nitrogens is 1. The van der Waals surface area contributed by atoms with Gasteiger partial charge in [-0.3, -0.25) is 9.59 Å². The largest absolute Gasteiger partial charge is 0.352 e. The Bertz CT molecular complexity index is 997. The molecule has 1 aliphatic rings. The monoisotopic (exact) mass is 403 g/mol. The van der Waals surface area contributed by atoms with Crippen molar-refractivity contribution in [2.75, 3.05) is 13.1 Å². The minimum absolute atomic E-state index is 0.0427. The number of carbonyl (C=O) groups excluding carboxylic acids is 2. The fourth-order valence-corrected chi connectivity index (χ4v) is 4.23. The van der Waals surface area contributed by atoms with Gasteiger partial charge in [-0.05, 0) is 43.4 Å². The summed E-state index contributed by atoms with van der Waals surface area (Å²) in [6.07, 6.45) is 1.70. The number of fused-ring (bicyclic) bond motifs is 1. The molecule has 5 heteroatoms. The maximum absolute atomic E-state index is 12.9. The number of carbonyl (C=O) groups is 2. The van der Waals surface area contributed by atoms with Crippen LogP contribution < -0.4 is 5.32 Å². The summed E-state index contributed by atoms with van der Waals surface area (Å²) in [7, 11) is 0. The molecule has 0 bridgehead atoms. The van der Waals surface area contributed by atoms with Gasteiger partial charge >= 0.3 is 0 Å². The summed E-state index contributed by atoms with van der Waals surface area (Å²) in [6.45, 7) is 5.99. The van der Waals surface area contributed by atoms with Crippen molar-refractivity contribution >= 4 is 22.7 Å². The van der Waals surface area contributed by atoms with Crippen LogP contribution in [0.15, 0.2) is 54.6 Å². The van der Waals surface area contributed by atoms with Crippen LogP contribution in [0.3, 0.4) is 0 Å². The second kappa shape index (κ2) is 8.74. The molecule has 2 heterocycles. The van der Waals surface area contributed by atoms with Crippen LogP contribution in [0, 0.1) is 18.8 Å². The third-order valence-corrected chi connectivity index (χ3v) is 6.30. The molecule has 1 unspecified atom stereocenters. The Labute approximate surface area is 177 Å². The highest BCUT2D eigenvalue weighted by Gasteiger charge is 2.30. The summed E-state index contributed by atoms with van der Waals surface area (Å²) in [4.78, 5) is 30.6. The fraction of sp³-hybridized carbons (Fsp3) is 0.360. The second-order valence-electron chi connectivity index (χ2n) is 8.39. The van der Waals surface area contributed by atoms with E-state index in [1.165, 1.54) is 5.56 Å². The summed E-state index contributed by atoms with van der Waals surface area (Å²) in [6, 6.07) is 18.1. The first-order valence-electron chi connectivity index (χ1n) is 10.7. The van der Waals surface area contributed by atoms with Gasteiger partial charge in [-0.25, -0.2) is 0 Å². The number of aryl methyl sites for hydroxylation is 1. The topological polar surface area (TPSA) is 65.2 Å². The van der Waals surface area contributed by atoms with Crippen LogP contribution >= 0.6 is 0 Å². The first-order valence-corrected chi connectivity index (χ1v) is 10.7. The molecule has 1 aliphatic heterocycles. The lowest BCUT2D eigenvalue weighted by Gasteiger charge is -2.34. The van der Waals surface area contributed by atoms with Gasteiger partial charge in [0.15, 0.2) is 0 Å². The molecule has 1 aromatic heterocycles. The molecule has 0 radical (unpaired) electrons. The van der Waals surface area contributed by atoms with Gasteiger partial charge < -0.3 is 15.2 Å². The van der Waals surface area contributed by atoms with Gasteiger partial charge in [0.25, 0.3) is 5.91 Å². The van der Waals surface area contributed by atoms with Crippen molar-refractivity contribution in [2.45, 2.75) is 33.2 Å². The van der Waals surface area contributed by atoms with E-state index in [0.717, 1.165) is 29.3 Å². The average Bonchev–Trinajstić information content (AvgIpc) is 3.22. The molecule has 3 aromatic rings. The van der Waals surface area contributed by atoms with E-state index < -0.39 is 0 Å². The van der Waals surface area contributed by atoms with Crippen molar-refractivity contribution in [3.05, 3.63) is 71.4 Å². The molecule has 4 rings (SSSR count). The van der Waals surface area contributed by atoms with Crippen LogP contribution in [0.5, 0.6) is 0 Å². The maximum Gasteiger partial charge on any atom is 0.270 e. The Morgan fingerprint density at radius 3 is 2.50 bits per heavy atom. The van der Waals surface area contributed by atoms with Crippen molar-refractivity contribution in [1.29, 1.82) is 0 Å². The summed E-state index contributed by atoms with van der Waals surface area (Å²) in [5, 5.41) is 4.12. The molecule has 30 heavy (non-hydrogen) atoms. The molecule has 2 N–H and O–H groups in total. The number of benzene rings is 2. The summed E-state index contributed by atoms with van der Waals surface area (Å²) in [5.74, 6) is 0.382. The Morgan fingerprint density at radius 2 is 1.80 bits per heavy atom. The number of hydrogen-bond acceptors (Lipinski definition) is 2. The quantitative estimate of drug-likeness (QED) is 0.668. The van der Waals surface area contributed by atoms with Crippen LogP contribution in [0.25, 0.3) is 10.9 Å². The SMILES string of the molecule is Cc1ccc(CNC(=O)C(C)C2CCN(C(=O)c3cc4ccccc4[nH]3)CC2)cc1. The number of nitrogens with one attached hydrogen (secondary N) is 2. The van der Waals surface area contributed by atoms with Crippen molar-refractivity contribution in [1.82, 2.24) is 15.2 Å². The number of aromatic nitrogens is 1. The van der Waals surface area contributed by atoms with Gasteiger partial charge in [-0.2, -0.15) is 0 Å². The zero-order valence-corrected chi connectivity index (χ0v) is 17.7. The normalized spacial score (nSPS) is 15.9. The van der Waals surface area contributed by atoms with Gasteiger partial charge in [0.1, 0.15) is 5.69 Å². The van der Waals surface area contributed by atoms with E-state index in [1.807, 2.05) is 42.2 Å². The van der Waals surface area contributed by atoms with Crippen LogP contribution in [0.4, 0.5) is 0 Å². The Balaban J connectivity index is 1.29. The van der Waals surface area contributed by atoms with Crippen LogP contribution in [-0.4, -0.2) is 34.8 Å². The predicted molar refractivity (Wildman–Crippen MR) is 119 cm³/mol. The number of nitrogens with zero attached hydrogens (tertiary/aromatic N) is 1. The highest BCUT2D eigenvalue weighted by atomic mass is 16.2. The molecule has 5 nitrogen and oxygen atoms in total. The van der Waals surface area contributed by atoms with Crippen molar-refractivity contribution in [2.24, 2.45) is 11.8 Å². The third-order valence-electron chi connectivity index (χ3n) is 6.30. The fourth-order valence-electron chi connectivity index (χ4n) is 4.23. The molecular weight excluding hydrogens is 374 g/mol. The number of amides is 2. The van der Waals surface area contributed by atoms with Gasteiger partial charge in [0.05, 0.1) is 0 Å². The van der Waals surface area contributed by atoms with E-state index in [1.54, 1.807) is 0 Å². The van der Waals surface area contributed by atoms with Crippen molar-refractivity contribution in [3.8, 4) is 0 Å². The predicted octanol–water partition coefficient (Wildman–Crippen LogP) is 4.28. The Kier molecular flexibility index (Phi) is 5.88. The molecule has 2 aromatic carbocycles. The molecule has 156 valence electrons. The lowest BCUT2D eigenvalue weighted by atomic mass is 9.84. The Hall–Kier alpha value is -3.08. The third kappa shape index (κ3) is 4.40. The number of rotatable bonds is 5. The number of hydrogen-bond donors (Lipinski definition) is 2. The molecule has 1 atom stereocenters. The molecule has 0 saturated carbocycles. The molecule has 0 spiro atoms. The van der Waals surface area contributed by atoms with Gasteiger partial charge in [-0.1, -0.05) is 55.0 Å². The van der Waals surface area contributed by atoms with Crippen LogP contribution in [0.1, 0.15) is 41.4 Å². The highest BCUT2D eigenvalue weighted by Crippen LogP contribution is 2.26. The van der Waals surface area contributed by atoms with Gasteiger partial charge in [0, 0.05) is 36.5 Å². The first-order chi connectivity index (χ1) is 14.5. The van der Waals surface area contributed by atoms with E-state index in [0.29, 0.717) is 31.2 Å². The summed E-state index contributed by atoms with van der Waals surface area (Å²) < 4.78 is 0. The summed E-state index contributed by atoms with van der Waals surface area (Å²) >= 11 is 0. The van der Waals surface area contributed by atoms with E-state index in [9.17, 15) is 9.59 Å². The van der Waals surface area contributed by atoms with Crippen LogP contribution in [-0.2, 0) is 11.3 Å². The number of aromatic amines is 1. The maximum atomic E-state index is 12.9. The first kappa shape index (κ1) is 20.2. The highest BCUT2D eigenvalue weighted by molar-refractivity contribution is 5.98. The molecule has 0 aliphatic carbocycles. The lowest BCUT2D eigenvalue weighted by molar-refractivity contribution is -0.126. The van der Waals surface area contributed by atoms with E-state index in [4.69, 9.17) is 0 Å². The van der Waals surface area contributed by atoms with Gasteiger partial charge in [-0.15, -0.1) is 0 Å². The number of piperidine rings is 1. The zero-order valence-electron chi connectivity index (χ0n) is 17.7. The van der Waals surface area contributed by atoms with Crippen LogP contribution in [0.2, 0.25) is 0 Å². The van der Waals surface area contributed by atoms with E-state index in [2.05, 4.69) is 41.5 Å². The molecule has 1 saturated heterocycles. The lowest BCUT2D eigenvalue weighted by Crippen LogP contribution is -2.42. The molecule has 1 fully saturated rings. The molecule has 2 amide bonds. The van der Waals surface area contributed by atoms with Gasteiger partial charge in [0.2, 0.25) is 5.91 Å². The smallest absolute Gasteiger partial charge is 0.270 e.